The molecule has 0 bridgehead atoms. The number of rotatable bonds is 36. The van der Waals surface area contributed by atoms with Crippen molar-refractivity contribution in [2.24, 2.45) is 0 Å². The number of imide groups is 1. The number of ether oxygens (including phenoxy) is 12. The van der Waals surface area contributed by atoms with E-state index in [0.29, 0.717) is 17.9 Å². The molecular formula is C57H94N4O39. The highest BCUT2D eigenvalue weighted by atomic mass is 16.8. The summed E-state index contributed by atoms with van der Waals surface area (Å²) < 4.78 is 67.2. The standard InChI is InChI=1S/C57H94N4O39/c62-16-23-34(72)40(78)44(82)52(92-23)90-20-27-38(76)50(98-56-46(84)42(80)36(74)25(18-64)94-56)48(86)54(96-27)88-11-4-5-22(66)13-60(14-29(67)58-9-3-1-2-6-33(71)100-61-31(69)7-8-32(61)70)15-30(68)59-10-12-89-55-49(87)51(99-57-47(85)43(81)37(75)26(19-65)95-57)39(77)28(97-55)21-91-53-45(83)41(79)35(73)24(17-63)93-53/h23-28,34-57,62-65,72-87H,1-21H2,(H,58,67)(H,59,68)/t23-,24-,25-,26-,27-,28-,34-,35-,36-,37-,38-,39-,40+,41+,42+,43+,44+,45+,46+,47+,48-,49-,50+,51+,52+,53+,54-,55-,56-,57-/m1/s1. The lowest BCUT2D eigenvalue weighted by atomic mass is 9.96. The number of unbranched alkanes of at least 4 members (excludes halogenated alkanes) is 2. The van der Waals surface area contributed by atoms with Crippen molar-refractivity contribution in [3.05, 3.63) is 0 Å². The summed E-state index contributed by atoms with van der Waals surface area (Å²) in [7, 11) is 0. The van der Waals surface area contributed by atoms with E-state index >= 15 is 0 Å². The van der Waals surface area contributed by atoms with Gasteiger partial charge in [0.25, 0.3) is 11.8 Å². The Morgan fingerprint density at radius 1 is 0.390 bits per heavy atom. The molecule has 0 spiro atoms. The fraction of sp³-hybridized carbons (Fsp3) is 0.895. The molecule has 7 rings (SSSR count). The van der Waals surface area contributed by atoms with Gasteiger partial charge in [-0.15, -0.1) is 5.06 Å². The molecule has 7 aliphatic rings. The summed E-state index contributed by atoms with van der Waals surface area (Å²) in [5.74, 6) is -4.27. The number of carbonyl (C=O) groups is 6. The molecular weight excluding hydrogens is 1360 g/mol. The van der Waals surface area contributed by atoms with Crippen LogP contribution in [-0.2, 0) is 90.4 Å². The third-order valence-electron chi connectivity index (χ3n) is 17.4. The maximum atomic E-state index is 13.7. The van der Waals surface area contributed by atoms with Crippen LogP contribution in [0.25, 0.3) is 0 Å². The normalized spacial score (nSPS) is 40.4. The monoisotopic (exact) mass is 1460 g/mol. The first-order valence-electron chi connectivity index (χ1n) is 32.4. The summed E-state index contributed by atoms with van der Waals surface area (Å²) in [6, 6.07) is 0. The van der Waals surface area contributed by atoms with Crippen LogP contribution < -0.4 is 10.6 Å². The van der Waals surface area contributed by atoms with Crippen LogP contribution in [0.15, 0.2) is 0 Å². The zero-order valence-corrected chi connectivity index (χ0v) is 53.8. The van der Waals surface area contributed by atoms with Gasteiger partial charge in [0.15, 0.2) is 37.7 Å². The summed E-state index contributed by atoms with van der Waals surface area (Å²) in [6.07, 6.45) is -54.9. The molecule has 7 aliphatic heterocycles. The minimum atomic E-state index is -2.04. The van der Waals surface area contributed by atoms with Gasteiger partial charge in [-0.2, -0.15) is 0 Å². The molecule has 0 aromatic carbocycles. The van der Waals surface area contributed by atoms with E-state index in [4.69, 9.17) is 61.7 Å². The van der Waals surface area contributed by atoms with Gasteiger partial charge in [-0.3, -0.25) is 28.9 Å². The summed E-state index contributed by atoms with van der Waals surface area (Å²) in [5.41, 5.74) is 0. The highest BCUT2D eigenvalue weighted by molar-refractivity contribution is 6.01. The highest BCUT2D eigenvalue weighted by Crippen LogP contribution is 2.34. The molecule has 576 valence electrons. The van der Waals surface area contributed by atoms with Crippen molar-refractivity contribution in [2.45, 2.75) is 236 Å². The summed E-state index contributed by atoms with van der Waals surface area (Å²) in [4.78, 5) is 82.6. The third kappa shape index (κ3) is 21.6. The first-order chi connectivity index (χ1) is 47.5. The van der Waals surface area contributed by atoms with Crippen molar-refractivity contribution in [1.82, 2.24) is 20.6 Å². The van der Waals surface area contributed by atoms with E-state index in [1.165, 1.54) is 0 Å². The lowest BCUT2D eigenvalue weighted by molar-refractivity contribution is -0.366. The molecule has 4 amide bonds. The fourth-order valence-corrected chi connectivity index (χ4v) is 11.6. The first-order valence-corrected chi connectivity index (χ1v) is 32.4. The van der Waals surface area contributed by atoms with Crippen LogP contribution in [0.2, 0.25) is 0 Å². The van der Waals surface area contributed by atoms with Crippen LogP contribution in [-0.4, -0.2) is 417 Å². The van der Waals surface area contributed by atoms with Gasteiger partial charge in [0.05, 0.1) is 72.5 Å². The van der Waals surface area contributed by atoms with Crippen molar-refractivity contribution in [1.29, 1.82) is 0 Å². The van der Waals surface area contributed by atoms with Crippen molar-refractivity contribution in [2.75, 3.05) is 85.6 Å². The second kappa shape index (κ2) is 39.3. The molecule has 0 unspecified atom stereocenters. The fourth-order valence-electron chi connectivity index (χ4n) is 11.6. The van der Waals surface area contributed by atoms with Crippen LogP contribution in [0, 0.1) is 0 Å². The van der Waals surface area contributed by atoms with E-state index in [9.17, 15) is 131 Å². The quantitative estimate of drug-likeness (QED) is 0.0205. The Morgan fingerprint density at radius 3 is 1.18 bits per heavy atom. The predicted molar refractivity (Wildman–Crippen MR) is 312 cm³/mol. The highest BCUT2D eigenvalue weighted by Gasteiger charge is 2.55. The number of hydrogen-bond acceptors (Lipinski definition) is 40. The van der Waals surface area contributed by atoms with Crippen molar-refractivity contribution < 1.29 is 193 Å². The molecule has 0 aromatic heterocycles. The number of aliphatic hydroxyl groups excluding tert-OH is 20. The van der Waals surface area contributed by atoms with Gasteiger partial charge in [-0.25, -0.2) is 4.79 Å². The zero-order chi connectivity index (χ0) is 73.4. The van der Waals surface area contributed by atoms with Gasteiger partial charge in [0.2, 0.25) is 11.8 Å². The van der Waals surface area contributed by atoms with Crippen LogP contribution >= 0.6 is 0 Å². The first kappa shape index (κ1) is 83.2. The van der Waals surface area contributed by atoms with Crippen LogP contribution in [0.5, 0.6) is 0 Å². The number of Topliss-reactive ketones (excluding diaryl/α,β-unsaturated/α-hetero) is 1. The Kier molecular flexibility index (Phi) is 32.7. The number of amides is 4. The topological polar surface area (TPSA) is 658 Å². The van der Waals surface area contributed by atoms with Gasteiger partial charge >= 0.3 is 5.97 Å². The molecule has 100 heavy (non-hydrogen) atoms. The Hall–Kier alpha value is -4.10. The maximum Gasteiger partial charge on any atom is 0.333 e. The minimum Gasteiger partial charge on any atom is -0.394 e. The molecule has 7 fully saturated rings. The van der Waals surface area contributed by atoms with Gasteiger partial charge in [-0.05, 0) is 19.3 Å². The van der Waals surface area contributed by atoms with Gasteiger partial charge < -0.3 is 174 Å². The van der Waals surface area contributed by atoms with Crippen LogP contribution in [0.4, 0.5) is 0 Å². The predicted octanol–water partition coefficient (Wildman–Crippen LogP) is -15.0. The molecule has 0 aromatic rings. The third-order valence-corrected chi connectivity index (χ3v) is 17.4. The molecule has 0 aliphatic carbocycles. The Balaban J connectivity index is 0.973. The Morgan fingerprint density at radius 2 is 0.760 bits per heavy atom. The van der Waals surface area contributed by atoms with E-state index in [2.05, 4.69) is 10.6 Å². The molecule has 7 heterocycles. The second-order valence-corrected chi connectivity index (χ2v) is 24.8. The van der Waals surface area contributed by atoms with E-state index in [-0.39, 0.29) is 45.1 Å². The van der Waals surface area contributed by atoms with E-state index in [1.54, 1.807) is 0 Å². The zero-order valence-electron chi connectivity index (χ0n) is 53.8. The number of hydrogen-bond donors (Lipinski definition) is 22. The number of hydroxylamine groups is 2. The molecule has 0 radical (unpaired) electrons. The maximum absolute atomic E-state index is 13.7. The lowest BCUT2D eigenvalue weighted by Crippen LogP contribution is -2.65. The average Bonchev–Trinajstić information content (AvgIpc) is 0.854. The summed E-state index contributed by atoms with van der Waals surface area (Å²) in [5, 5.41) is 216. The van der Waals surface area contributed by atoms with Gasteiger partial charge in [0, 0.05) is 38.8 Å². The Bertz CT molecular complexity index is 2420. The second-order valence-electron chi connectivity index (χ2n) is 24.8. The number of carbonyl (C=O) groups excluding carboxylic acids is 6. The van der Waals surface area contributed by atoms with Crippen LogP contribution in [0.1, 0.15) is 51.4 Å². The van der Waals surface area contributed by atoms with E-state index in [1.807, 2.05) is 0 Å². The molecule has 7 saturated heterocycles. The number of ketones is 1. The molecule has 43 heteroatoms. The lowest BCUT2D eigenvalue weighted by Gasteiger charge is -2.46. The molecule has 22 N–H and O–H groups in total. The van der Waals surface area contributed by atoms with E-state index in [0.717, 1.165) is 4.90 Å². The number of nitrogens with zero attached hydrogens (tertiary/aromatic N) is 2. The van der Waals surface area contributed by atoms with Crippen molar-refractivity contribution >= 4 is 35.4 Å². The molecule has 30 atom stereocenters. The molecule has 0 saturated carbocycles. The minimum absolute atomic E-state index is 0.0299. The summed E-state index contributed by atoms with van der Waals surface area (Å²) >= 11 is 0. The van der Waals surface area contributed by atoms with Gasteiger partial charge in [0.1, 0.15) is 152 Å². The largest absolute Gasteiger partial charge is 0.394 e. The van der Waals surface area contributed by atoms with Gasteiger partial charge in [-0.1, -0.05) is 6.42 Å². The van der Waals surface area contributed by atoms with Crippen molar-refractivity contribution in [3.8, 4) is 0 Å². The summed E-state index contributed by atoms with van der Waals surface area (Å²) in [6.45, 7) is -8.20. The average molecular weight is 1460 g/mol. The van der Waals surface area contributed by atoms with Crippen molar-refractivity contribution in [3.63, 3.8) is 0 Å². The van der Waals surface area contributed by atoms with Crippen LogP contribution in [0.3, 0.4) is 0 Å². The van der Waals surface area contributed by atoms with E-state index < -0.39 is 299 Å². The number of aliphatic hydroxyl groups is 20. The Labute approximate surface area is 568 Å². The number of nitrogens with one attached hydrogen (secondary N) is 2. The smallest absolute Gasteiger partial charge is 0.333 e. The SMILES string of the molecule is O=C(CCCO[C@@H]1O[C@H](CO[C@H]2O[C@H](CO)[C@@H](O)[C@H](O)[C@@H]2O)[C@@H](O)[C@H](O[C@H]2O[C@H](CO)[C@@H](O)[C@H](O)[C@@H]2O)[C@H]1O)CN(CC(=O)NCCCCCC(=O)ON1C(=O)CCC1=O)CC(=O)NCCO[C@@H]1O[C@H](CO[C@H]2O[C@H](CO)[C@@H](O)[C@H](O)[C@@H]2O)[C@@H](O)[C@H](O[C@H]2O[C@H](CO)[C@@H](O)[C@H](O)[C@@H]2O)[C@H]1O. The molecule has 43 nitrogen and oxygen atoms in total.